The van der Waals surface area contributed by atoms with Crippen LogP contribution in [0.5, 0.6) is 0 Å². The lowest BCUT2D eigenvalue weighted by Crippen LogP contribution is -2.43. The lowest BCUT2D eigenvalue weighted by molar-refractivity contribution is 0.0602. The van der Waals surface area contributed by atoms with Gasteiger partial charge in [0.15, 0.2) is 0 Å². The molecule has 0 spiro atoms. The molecule has 1 fully saturated rings. The third kappa shape index (κ3) is 6.17. The molecule has 1 saturated heterocycles. The Morgan fingerprint density at radius 1 is 1.28 bits per heavy atom. The van der Waals surface area contributed by atoms with Gasteiger partial charge in [-0.2, -0.15) is 0 Å². The predicted molar refractivity (Wildman–Crippen MR) is 77.8 cm³/mol. The van der Waals surface area contributed by atoms with E-state index in [0.29, 0.717) is 12.1 Å². The molecule has 3 nitrogen and oxygen atoms in total. The molecule has 0 aromatic rings. The summed E-state index contributed by atoms with van der Waals surface area (Å²) in [6.45, 7) is 8.35. The fourth-order valence-electron chi connectivity index (χ4n) is 2.79. The number of nitrogens with zero attached hydrogens (tertiary/aromatic N) is 1. The van der Waals surface area contributed by atoms with Crippen molar-refractivity contribution in [3.8, 4) is 0 Å². The summed E-state index contributed by atoms with van der Waals surface area (Å²) in [6.07, 6.45) is 9.54. The van der Waals surface area contributed by atoms with Crippen molar-refractivity contribution in [1.29, 1.82) is 0 Å². The first kappa shape index (κ1) is 15.9. The van der Waals surface area contributed by atoms with Crippen LogP contribution >= 0.6 is 0 Å². The van der Waals surface area contributed by atoms with Crippen molar-refractivity contribution >= 4 is 0 Å². The lowest BCUT2D eigenvalue weighted by Gasteiger charge is -2.30. The zero-order valence-electron chi connectivity index (χ0n) is 12.4. The van der Waals surface area contributed by atoms with Crippen molar-refractivity contribution in [3.63, 3.8) is 0 Å². The summed E-state index contributed by atoms with van der Waals surface area (Å²) in [5.41, 5.74) is 5.96. The summed E-state index contributed by atoms with van der Waals surface area (Å²) in [6, 6.07) is 0.566. The number of hydrogen-bond donors (Lipinski definition) is 1. The third-order valence-corrected chi connectivity index (χ3v) is 3.91. The van der Waals surface area contributed by atoms with E-state index in [1.807, 2.05) is 0 Å². The summed E-state index contributed by atoms with van der Waals surface area (Å²) >= 11 is 0. The molecule has 0 aliphatic carbocycles. The molecule has 18 heavy (non-hydrogen) atoms. The van der Waals surface area contributed by atoms with E-state index in [2.05, 4.69) is 18.7 Å². The van der Waals surface area contributed by atoms with Crippen molar-refractivity contribution in [2.75, 3.05) is 26.2 Å². The summed E-state index contributed by atoms with van der Waals surface area (Å²) in [7, 11) is 0. The highest BCUT2D eigenvalue weighted by molar-refractivity contribution is 4.76. The van der Waals surface area contributed by atoms with Gasteiger partial charge in [0.2, 0.25) is 0 Å². The van der Waals surface area contributed by atoms with Gasteiger partial charge in [-0.1, -0.05) is 39.0 Å². The van der Waals surface area contributed by atoms with E-state index in [1.54, 1.807) is 0 Å². The van der Waals surface area contributed by atoms with E-state index < -0.39 is 0 Å². The molecular weight excluding hydrogens is 224 g/mol. The van der Waals surface area contributed by atoms with Crippen LogP contribution in [0.4, 0.5) is 0 Å². The quantitative estimate of drug-likeness (QED) is 0.679. The number of nitrogens with two attached hydrogens (primary N) is 1. The standard InChI is InChI=1S/C15H32N2O/c1-3-4-5-6-7-9-15(12-16)17-10-8-11-18-14(2)13-17/h14-15H,3-13,16H2,1-2H3. The molecule has 1 aliphatic heterocycles. The van der Waals surface area contributed by atoms with Crippen LogP contribution in [0.25, 0.3) is 0 Å². The van der Waals surface area contributed by atoms with Gasteiger partial charge in [-0.15, -0.1) is 0 Å². The van der Waals surface area contributed by atoms with E-state index in [-0.39, 0.29) is 0 Å². The average Bonchev–Trinajstić information content (AvgIpc) is 2.58. The first-order chi connectivity index (χ1) is 8.77. The zero-order chi connectivity index (χ0) is 13.2. The number of unbranched alkanes of at least 4 members (excludes halogenated alkanes) is 4. The van der Waals surface area contributed by atoms with Gasteiger partial charge >= 0.3 is 0 Å². The van der Waals surface area contributed by atoms with E-state index >= 15 is 0 Å². The Kier molecular flexibility index (Phi) is 8.64. The molecule has 0 saturated carbocycles. The van der Waals surface area contributed by atoms with Gasteiger partial charge in [-0.05, 0) is 19.8 Å². The Balaban J connectivity index is 2.25. The summed E-state index contributed by atoms with van der Waals surface area (Å²) in [5, 5.41) is 0. The first-order valence-electron chi connectivity index (χ1n) is 7.83. The van der Waals surface area contributed by atoms with Crippen molar-refractivity contribution < 1.29 is 4.74 Å². The molecule has 0 aromatic heterocycles. The Morgan fingerprint density at radius 3 is 2.78 bits per heavy atom. The van der Waals surface area contributed by atoms with E-state index in [4.69, 9.17) is 10.5 Å². The second-order valence-electron chi connectivity index (χ2n) is 5.62. The fourth-order valence-corrected chi connectivity index (χ4v) is 2.79. The molecule has 0 amide bonds. The summed E-state index contributed by atoms with van der Waals surface area (Å²) < 4.78 is 5.70. The van der Waals surface area contributed by atoms with Crippen molar-refractivity contribution in [3.05, 3.63) is 0 Å². The Labute approximate surface area is 113 Å². The van der Waals surface area contributed by atoms with Crippen LogP contribution in [0.15, 0.2) is 0 Å². The van der Waals surface area contributed by atoms with Gasteiger partial charge in [0.05, 0.1) is 6.10 Å². The van der Waals surface area contributed by atoms with Crippen LogP contribution < -0.4 is 5.73 Å². The predicted octanol–water partition coefficient (Wildman–Crippen LogP) is 2.79. The Morgan fingerprint density at radius 2 is 2.06 bits per heavy atom. The van der Waals surface area contributed by atoms with E-state index in [9.17, 15) is 0 Å². The Hall–Kier alpha value is -0.120. The molecule has 2 N–H and O–H groups in total. The normalized spacial score (nSPS) is 23.8. The van der Waals surface area contributed by atoms with Gasteiger partial charge in [0.25, 0.3) is 0 Å². The van der Waals surface area contributed by atoms with Crippen LogP contribution in [-0.2, 0) is 4.74 Å². The van der Waals surface area contributed by atoms with Crippen LogP contribution in [0.3, 0.4) is 0 Å². The third-order valence-electron chi connectivity index (χ3n) is 3.91. The van der Waals surface area contributed by atoms with Crippen LogP contribution in [0.2, 0.25) is 0 Å². The molecule has 1 rings (SSSR count). The van der Waals surface area contributed by atoms with Gasteiger partial charge in [0.1, 0.15) is 0 Å². The smallest absolute Gasteiger partial charge is 0.0674 e. The van der Waals surface area contributed by atoms with Crippen molar-refractivity contribution in [2.24, 2.45) is 5.73 Å². The number of rotatable bonds is 8. The monoisotopic (exact) mass is 256 g/mol. The van der Waals surface area contributed by atoms with Crippen LogP contribution in [0.1, 0.15) is 58.8 Å². The maximum absolute atomic E-state index is 5.96. The molecule has 0 aromatic carbocycles. The molecule has 1 aliphatic rings. The minimum Gasteiger partial charge on any atom is -0.377 e. The number of hydrogen-bond acceptors (Lipinski definition) is 3. The maximum Gasteiger partial charge on any atom is 0.0674 e. The van der Waals surface area contributed by atoms with Gasteiger partial charge in [-0.25, -0.2) is 0 Å². The molecule has 108 valence electrons. The highest BCUT2D eigenvalue weighted by atomic mass is 16.5. The summed E-state index contributed by atoms with van der Waals surface area (Å²) in [4.78, 5) is 2.55. The second-order valence-corrected chi connectivity index (χ2v) is 5.62. The van der Waals surface area contributed by atoms with Gasteiger partial charge < -0.3 is 10.5 Å². The SMILES string of the molecule is CCCCCCCC(CN)N1CCCOC(C)C1. The first-order valence-corrected chi connectivity index (χ1v) is 7.83. The summed E-state index contributed by atoms with van der Waals surface area (Å²) in [5.74, 6) is 0. The minimum atomic E-state index is 0.363. The fraction of sp³-hybridized carbons (Fsp3) is 1.00. The molecular formula is C15H32N2O. The largest absolute Gasteiger partial charge is 0.377 e. The maximum atomic E-state index is 5.96. The van der Waals surface area contributed by atoms with Crippen LogP contribution in [0, 0.1) is 0 Å². The topological polar surface area (TPSA) is 38.5 Å². The van der Waals surface area contributed by atoms with Crippen molar-refractivity contribution in [2.45, 2.75) is 70.9 Å². The second kappa shape index (κ2) is 9.76. The highest BCUT2D eigenvalue weighted by Crippen LogP contribution is 2.14. The lowest BCUT2D eigenvalue weighted by atomic mass is 10.0. The molecule has 1 heterocycles. The molecule has 3 heteroatoms. The van der Waals surface area contributed by atoms with Crippen molar-refractivity contribution in [1.82, 2.24) is 4.90 Å². The van der Waals surface area contributed by atoms with E-state index in [1.165, 1.54) is 38.5 Å². The molecule has 2 unspecified atom stereocenters. The minimum absolute atomic E-state index is 0.363. The van der Waals surface area contributed by atoms with E-state index in [0.717, 1.165) is 32.7 Å². The number of ether oxygens (including phenoxy) is 1. The van der Waals surface area contributed by atoms with Gasteiger partial charge in [0, 0.05) is 32.3 Å². The average molecular weight is 256 g/mol. The molecule has 0 bridgehead atoms. The zero-order valence-corrected chi connectivity index (χ0v) is 12.4. The molecule has 0 radical (unpaired) electrons. The van der Waals surface area contributed by atoms with Crippen LogP contribution in [-0.4, -0.2) is 43.3 Å². The van der Waals surface area contributed by atoms with Gasteiger partial charge in [-0.3, -0.25) is 4.90 Å². The highest BCUT2D eigenvalue weighted by Gasteiger charge is 2.21. The molecule has 2 atom stereocenters. The Bertz CT molecular complexity index is 199.